The molecule has 2 aromatic heterocycles. The molecular weight excluding hydrogens is 558 g/mol. The van der Waals surface area contributed by atoms with Gasteiger partial charge in [0.25, 0.3) is 5.56 Å². The summed E-state index contributed by atoms with van der Waals surface area (Å²) in [7, 11) is -3.80. The van der Waals surface area contributed by atoms with E-state index in [2.05, 4.69) is 10.3 Å². The molecule has 0 saturated heterocycles. The normalized spacial score (nSPS) is 12.0. The van der Waals surface area contributed by atoms with Crippen molar-refractivity contribution in [1.29, 1.82) is 0 Å². The Morgan fingerprint density at radius 1 is 0.975 bits per heavy atom. The van der Waals surface area contributed by atoms with Crippen molar-refractivity contribution in [3.8, 4) is 11.5 Å². The summed E-state index contributed by atoms with van der Waals surface area (Å²) in [5, 5.41) is 3.64. The van der Waals surface area contributed by atoms with Gasteiger partial charge < -0.3 is 10.1 Å². The van der Waals surface area contributed by atoms with Crippen LogP contribution in [0.4, 0.5) is 11.5 Å². The summed E-state index contributed by atoms with van der Waals surface area (Å²) in [4.78, 5) is 42.8. The lowest BCUT2D eigenvalue weighted by Crippen LogP contribution is -2.44. The van der Waals surface area contributed by atoms with E-state index in [0.717, 1.165) is 16.4 Å². The molecule has 4 rings (SSSR count). The largest absolute Gasteiger partial charge is 0.457 e. The minimum absolute atomic E-state index is 0.0891. The van der Waals surface area contributed by atoms with E-state index in [-0.39, 0.29) is 18.9 Å². The number of benzene rings is 2. The highest BCUT2D eigenvalue weighted by atomic mass is 35.5. The van der Waals surface area contributed by atoms with Crippen LogP contribution < -0.4 is 26.0 Å². The Balaban J connectivity index is 1.65. The molecule has 11 nitrogen and oxygen atoms in total. The number of ether oxygens (including phenoxy) is 1. The second-order valence-corrected chi connectivity index (χ2v) is 11.2. The Morgan fingerprint density at radius 3 is 2.23 bits per heavy atom. The molecule has 1 atom stereocenters. The second kappa shape index (κ2) is 12.2. The molecule has 0 saturated carbocycles. The number of halogens is 1. The number of anilines is 2. The highest BCUT2D eigenvalue weighted by molar-refractivity contribution is 7.89. The first-order valence-corrected chi connectivity index (χ1v) is 14.3. The number of nitrogens with zero attached hydrogens (tertiary/aromatic N) is 3. The van der Waals surface area contributed by atoms with E-state index in [0.29, 0.717) is 22.2 Å². The van der Waals surface area contributed by atoms with Crippen molar-refractivity contribution in [2.24, 2.45) is 5.92 Å². The van der Waals surface area contributed by atoms with Crippen LogP contribution in [0.25, 0.3) is 0 Å². The van der Waals surface area contributed by atoms with Crippen LogP contribution in [0.3, 0.4) is 0 Å². The zero-order chi connectivity index (χ0) is 28.9. The summed E-state index contributed by atoms with van der Waals surface area (Å²) in [6, 6.07) is 18.5. The third kappa shape index (κ3) is 7.58. The van der Waals surface area contributed by atoms with Gasteiger partial charge in [-0.2, -0.15) is 0 Å². The summed E-state index contributed by atoms with van der Waals surface area (Å²) < 4.78 is 32.8. The zero-order valence-electron chi connectivity index (χ0n) is 21.6. The van der Waals surface area contributed by atoms with Crippen LogP contribution in [0, 0.1) is 5.92 Å². The van der Waals surface area contributed by atoms with E-state index in [1.54, 1.807) is 73.1 Å². The van der Waals surface area contributed by atoms with E-state index >= 15 is 0 Å². The molecule has 2 N–H and O–H groups in total. The molecule has 0 spiro atoms. The predicted octanol–water partition coefficient (Wildman–Crippen LogP) is 3.35. The number of amides is 1. The number of hydrogen-bond donors (Lipinski definition) is 2. The summed E-state index contributed by atoms with van der Waals surface area (Å²) in [5.41, 5.74) is -0.00815. The molecule has 0 aliphatic rings. The second-order valence-electron chi connectivity index (χ2n) is 9.05. The molecule has 4 aromatic rings. The molecule has 13 heteroatoms. The van der Waals surface area contributed by atoms with Crippen molar-refractivity contribution in [1.82, 2.24) is 18.8 Å². The Labute approximate surface area is 235 Å². The number of carbonyl (C=O) groups is 1. The average Bonchev–Trinajstić information content (AvgIpc) is 2.90. The van der Waals surface area contributed by atoms with Crippen molar-refractivity contribution in [2.45, 2.75) is 20.0 Å². The summed E-state index contributed by atoms with van der Waals surface area (Å²) in [5.74, 6) is -0.384. The number of hydrogen-bond acceptors (Lipinski definition) is 8. The number of carbonyl (C=O) groups excluding carboxylic acids is 1. The topological polar surface area (TPSA) is 141 Å². The molecule has 40 heavy (non-hydrogen) atoms. The maximum atomic E-state index is 13.6. The fourth-order valence-electron chi connectivity index (χ4n) is 3.75. The van der Waals surface area contributed by atoms with Crippen LogP contribution in [0.2, 0.25) is 5.02 Å². The lowest BCUT2D eigenvalue weighted by Gasteiger charge is -2.18. The minimum atomic E-state index is -3.80. The quantitative estimate of drug-likeness (QED) is 0.289. The summed E-state index contributed by atoms with van der Waals surface area (Å²) in [6.45, 7) is 1.20. The molecular formula is C27H26ClN5O6S. The lowest BCUT2D eigenvalue weighted by molar-refractivity contribution is -0.123. The maximum Gasteiger partial charge on any atom is 0.332 e. The van der Waals surface area contributed by atoms with Gasteiger partial charge in [0.2, 0.25) is 15.9 Å². The van der Waals surface area contributed by atoms with Gasteiger partial charge in [0.1, 0.15) is 17.3 Å². The van der Waals surface area contributed by atoms with Crippen LogP contribution in [0.1, 0.15) is 12.5 Å². The molecule has 0 radical (unpaired) electrons. The highest BCUT2D eigenvalue weighted by Crippen LogP contribution is 2.24. The summed E-state index contributed by atoms with van der Waals surface area (Å²) >= 11 is 6.01. The Morgan fingerprint density at radius 2 is 1.60 bits per heavy atom. The molecule has 2 aromatic carbocycles. The molecule has 1 amide bonds. The van der Waals surface area contributed by atoms with Crippen molar-refractivity contribution >= 4 is 39.0 Å². The van der Waals surface area contributed by atoms with E-state index in [4.69, 9.17) is 16.3 Å². The first kappa shape index (κ1) is 28.6. The number of sulfonamides is 1. The van der Waals surface area contributed by atoms with E-state index in [1.807, 2.05) is 4.72 Å². The first-order chi connectivity index (χ1) is 19.0. The minimum Gasteiger partial charge on any atom is -0.457 e. The number of rotatable bonds is 10. The van der Waals surface area contributed by atoms with Crippen molar-refractivity contribution in [2.75, 3.05) is 11.6 Å². The molecule has 0 aliphatic heterocycles. The number of pyridine rings is 1. The van der Waals surface area contributed by atoms with Gasteiger partial charge in [-0.1, -0.05) is 30.7 Å². The molecule has 0 aliphatic carbocycles. The molecule has 208 valence electrons. The third-order valence-corrected chi connectivity index (χ3v) is 6.56. The fraction of sp³-hybridized carbons (Fsp3) is 0.185. The lowest BCUT2D eigenvalue weighted by atomic mass is 10.1. The number of aromatic nitrogens is 3. The predicted molar refractivity (Wildman–Crippen MR) is 152 cm³/mol. The van der Waals surface area contributed by atoms with E-state index < -0.39 is 33.1 Å². The van der Waals surface area contributed by atoms with Crippen molar-refractivity contribution in [3.05, 3.63) is 111 Å². The van der Waals surface area contributed by atoms with E-state index in [9.17, 15) is 22.8 Å². The monoisotopic (exact) mass is 583 g/mol. The molecule has 0 bridgehead atoms. The van der Waals surface area contributed by atoms with Gasteiger partial charge in [-0.25, -0.2) is 13.2 Å². The van der Waals surface area contributed by atoms with E-state index in [1.165, 1.54) is 17.6 Å². The Kier molecular flexibility index (Phi) is 8.70. The zero-order valence-corrected chi connectivity index (χ0v) is 23.1. The number of nitrogens with one attached hydrogen (secondary N) is 2. The van der Waals surface area contributed by atoms with Gasteiger partial charge in [-0.3, -0.25) is 28.4 Å². The molecule has 0 fully saturated rings. The molecule has 2 heterocycles. The van der Waals surface area contributed by atoms with Gasteiger partial charge >= 0.3 is 5.69 Å². The Bertz CT molecular complexity index is 1720. The van der Waals surface area contributed by atoms with Crippen molar-refractivity contribution < 1.29 is 17.9 Å². The third-order valence-electron chi connectivity index (χ3n) is 5.73. The van der Waals surface area contributed by atoms with Crippen molar-refractivity contribution in [3.63, 3.8) is 0 Å². The summed E-state index contributed by atoms with van der Waals surface area (Å²) in [6.07, 6.45) is 4.08. The average molecular weight is 584 g/mol. The van der Waals surface area contributed by atoms with Crippen LogP contribution in [0.15, 0.2) is 88.7 Å². The van der Waals surface area contributed by atoms with Gasteiger partial charge in [-0.15, -0.1) is 0 Å². The fourth-order valence-corrected chi connectivity index (χ4v) is 4.44. The molecule has 0 unspecified atom stereocenters. The van der Waals surface area contributed by atoms with Crippen LogP contribution in [0.5, 0.6) is 11.5 Å². The SMILES string of the molecule is C[C@@H](Cn1c(=O)cc(Nc2ccc(Oc3ccncc3)cc2)n(Cc2ccc(Cl)cc2)c1=O)C(=O)NS(C)(=O)=O. The van der Waals surface area contributed by atoms with Crippen LogP contribution in [-0.4, -0.2) is 34.7 Å². The van der Waals surface area contributed by atoms with Gasteiger partial charge in [0.05, 0.1) is 18.7 Å². The highest BCUT2D eigenvalue weighted by Gasteiger charge is 2.21. The van der Waals surface area contributed by atoms with Crippen LogP contribution >= 0.6 is 11.6 Å². The smallest absolute Gasteiger partial charge is 0.332 e. The maximum absolute atomic E-state index is 13.6. The van der Waals surface area contributed by atoms with Crippen LogP contribution in [-0.2, 0) is 27.9 Å². The van der Waals surface area contributed by atoms with Gasteiger partial charge in [0, 0.05) is 35.7 Å². The van der Waals surface area contributed by atoms with Gasteiger partial charge in [0.15, 0.2) is 0 Å². The first-order valence-electron chi connectivity index (χ1n) is 12.0. The Hall–Kier alpha value is -4.42. The van der Waals surface area contributed by atoms with Gasteiger partial charge in [-0.05, 0) is 54.1 Å². The standard InChI is InChI=1S/C27H26ClN5O6S/c1-18(26(35)31-40(2,37)38)16-33-25(34)15-24(32(27(33)36)17-19-3-5-20(28)6-4-19)30-21-7-9-22(10-8-21)39-23-11-13-29-14-12-23/h3-15,18,30H,16-17H2,1-2H3,(H,31,35)/t18-/m0/s1.